The zero-order valence-electron chi connectivity index (χ0n) is 17.6. The number of alkyl halides is 4. The molecule has 0 atom stereocenters. The van der Waals surface area contributed by atoms with Crippen LogP contribution in [-0.4, -0.2) is 0 Å². The predicted molar refractivity (Wildman–Crippen MR) is 142 cm³/mol. The first-order valence-electron chi connectivity index (χ1n) is 10.3. The van der Waals surface area contributed by atoms with Crippen molar-refractivity contribution in [3.63, 3.8) is 0 Å². The molecule has 32 heavy (non-hydrogen) atoms. The minimum absolute atomic E-state index is 0.521. The number of halogens is 4. The van der Waals surface area contributed by atoms with Crippen molar-refractivity contribution in [3.8, 4) is 22.3 Å². The van der Waals surface area contributed by atoms with Crippen LogP contribution in [0.1, 0.15) is 22.3 Å². The van der Waals surface area contributed by atoms with Gasteiger partial charge in [-0.1, -0.05) is 91.0 Å². The molecule has 0 amide bonds. The fraction of sp³-hybridized carbons (Fsp3) is 0.143. The van der Waals surface area contributed by atoms with Crippen LogP contribution in [0.15, 0.2) is 97.1 Å². The van der Waals surface area contributed by atoms with E-state index in [0.29, 0.717) is 23.5 Å². The third-order valence-corrected chi connectivity index (χ3v) is 6.34. The molecule has 0 spiro atoms. The Balaban J connectivity index is 0.000000181. The molecule has 0 N–H and O–H groups in total. The molecule has 0 unspecified atom stereocenters. The van der Waals surface area contributed by atoms with Crippen molar-refractivity contribution >= 4 is 46.4 Å². The van der Waals surface area contributed by atoms with Gasteiger partial charge in [0.1, 0.15) is 0 Å². The van der Waals surface area contributed by atoms with Gasteiger partial charge in [-0.2, -0.15) is 0 Å². The predicted octanol–water partition coefficient (Wildman–Crippen LogP) is 9.66. The second-order valence-electron chi connectivity index (χ2n) is 7.21. The Labute approximate surface area is 210 Å². The van der Waals surface area contributed by atoms with Gasteiger partial charge in [0.15, 0.2) is 0 Å². The van der Waals surface area contributed by atoms with Gasteiger partial charge in [-0.05, 0) is 50.6 Å². The van der Waals surface area contributed by atoms with Gasteiger partial charge in [0.25, 0.3) is 0 Å². The molecule has 4 aromatic rings. The van der Waals surface area contributed by atoms with E-state index in [1.165, 1.54) is 22.3 Å². The van der Waals surface area contributed by atoms with Gasteiger partial charge >= 0.3 is 0 Å². The third kappa shape index (κ3) is 6.30. The van der Waals surface area contributed by atoms with Crippen LogP contribution in [0, 0.1) is 0 Å². The third-order valence-electron chi connectivity index (χ3n) is 5.17. The molecule has 4 aromatic carbocycles. The zero-order chi connectivity index (χ0) is 22.8. The summed E-state index contributed by atoms with van der Waals surface area (Å²) in [6.45, 7) is 0. The maximum atomic E-state index is 5.94. The average molecular weight is 502 g/mol. The normalized spacial score (nSPS) is 10.4. The van der Waals surface area contributed by atoms with Crippen molar-refractivity contribution in [2.45, 2.75) is 23.5 Å². The topological polar surface area (TPSA) is 0 Å². The Morgan fingerprint density at radius 3 is 1.31 bits per heavy atom. The molecule has 0 aliphatic rings. The van der Waals surface area contributed by atoms with Crippen LogP contribution in [0.2, 0.25) is 0 Å². The lowest BCUT2D eigenvalue weighted by Crippen LogP contribution is -1.90. The Bertz CT molecular complexity index is 1090. The second kappa shape index (κ2) is 12.9. The summed E-state index contributed by atoms with van der Waals surface area (Å²) in [7, 11) is 0. The first-order valence-corrected chi connectivity index (χ1v) is 12.4. The largest absolute Gasteiger partial charge is 0.122 e. The van der Waals surface area contributed by atoms with Crippen LogP contribution in [0.25, 0.3) is 22.3 Å². The van der Waals surface area contributed by atoms with Gasteiger partial charge < -0.3 is 0 Å². The van der Waals surface area contributed by atoms with E-state index in [2.05, 4.69) is 36.4 Å². The van der Waals surface area contributed by atoms with Gasteiger partial charge in [0.05, 0.1) is 0 Å². The molecule has 0 saturated carbocycles. The summed E-state index contributed by atoms with van der Waals surface area (Å²) >= 11 is 23.7. The van der Waals surface area contributed by atoms with Gasteiger partial charge in [-0.3, -0.25) is 0 Å². The van der Waals surface area contributed by atoms with E-state index in [1.807, 2.05) is 60.7 Å². The van der Waals surface area contributed by atoms with Crippen molar-refractivity contribution < 1.29 is 0 Å². The first-order chi connectivity index (χ1) is 15.7. The molecule has 0 saturated heterocycles. The van der Waals surface area contributed by atoms with E-state index in [0.717, 1.165) is 22.3 Å². The molecule has 4 heteroatoms. The molecule has 4 rings (SSSR count). The monoisotopic (exact) mass is 500 g/mol. The molecule has 0 fully saturated rings. The molecular formula is C28H24Cl4. The van der Waals surface area contributed by atoms with Crippen LogP contribution in [0.4, 0.5) is 0 Å². The number of hydrogen-bond donors (Lipinski definition) is 0. The standard InChI is InChI=1S/2C14H12Cl2/c15-9-11-5-1-3-7-13(11)14-8-4-2-6-12(14)10-16;15-9-11-4-3-6-12(8-11)14-7-2-1-5-13(14)10-16/h2*1-8H,9-10H2. The highest BCUT2D eigenvalue weighted by Crippen LogP contribution is 2.29. The Kier molecular flexibility index (Phi) is 9.96. The molecule has 0 nitrogen and oxygen atoms in total. The summed E-state index contributed by atoms with van der Waals surface area (Å²) in [5.41, 5.74) is 9.27. The summed E-state index contributed by atoms with van der Waals surface area (Å²) in [4.78, 5) is 0. The fourth-order valence-electron chi connectivity index (χ4n) is 3.54. The molecule has 0 radical (unpaired) electrons. The van der Waals surface area contributed by atoms with E-state index >= 15 is 0 Å². The second-order valence-corrected chi connectivity index (χ2v) is 8.28. The van der Waals surface area contributed by atoms with Gasteiger partial charge in [-0.15, -0.1) is 46.4 Å². The average Bonchev–Trinajstić information content (AvgIpc) is 2.89. The molecule has 0 bridgehead atoms. The minimum Gasteiger partial charge on any atom is -0.122 e. The lowest BCUT2D eigenvalue weighted by atomic mass is 9.97. The van der Waals surface area contributed by atoms with Crippen LogP contribution in [0.3, 0.4) is 0 Å². The zero-order valence-corrected chi connectivity index (χ0v) is 20.6. The SMILES string of the molecule is ClCc1cccc(-c2ccccc2CCl)c1.ClCc1ccccc1-c1ccccc1CCl. The van der Waals surface area contributed by atoms with Crippen LogP contribution in [0.5, 0.6) is 0 Å². The lowest BCUT2D eigenvalue weighted by molar-refractivity contribution is 1.35. The van der Waals surface area contributed by atoms with Crippen molar-refractivity contribution in [1.82, 2.24) is 0 Å². The summed E-state index contributed by atoms with van der Waals surface area (Å²) in [6.07, 6.45) is 0. The van der Waals surface area contributed by atoms with Crippen LogP contribution < -0.4 is 0 Å². The van der Waals surface area contributed by atoms with E-state index in [1.54, 1.807) is 0 Å². The highest BCUT2D eigenvalue weighted by molar-refractivity contribution is 6.18. The molecule has 0 heterocycles. The van der Waals surface area contributed by atoms with Crippen molar-refractivity contribution in [3.05, 3.63) is 119 Å². The highest BCUT2D eigenvalue weighted by Gasteiger charge is 2.07. The molecule has 164 valence electrons. The maximum Gasteiger partial charge on any atom is 0.0480 e. The molecule has 0 aliphatic carbocycles. The van der Waals surface area contributed by atoms with E-state index in [4.69, 9.17) is 46.4 Å². The van der Waals surface area contributed by atoms with E-state index in [9.17, 15) is 0 Å². The Morgan fingerprint density at radius 2 is 0.844 bits per heavy atom. The van der Waals surface area contributed by atoms with Crippen molar-refractivity contribution in [2.24, 2.45) is 0 Å². The van der Waals surface area contributed by atoms with Crippen molar-refractivity contribution in [1.29, 1.82) is 0 Å². The molecular weight excluding hydrogens is 478 g/mol. The summed E-state index contributed by atoms with van der Waals surface area (Å²) in [5, 5.41) is 0. The molecule has 0 aromatic heterocycles. The van der Waals surface area contributed by atoms with Gasteiger partial charge in [0.2, 0.25) is 0 Å². The number of benzene rings is 4. The maximum absolute atomic E-state index is 5.94. The molecule has 0 aliphatic heterocycles. The summed E-state index contributed by atoms with van der Waals surface area (Å²) in [5.74, 6) is 2.11. The van der Waals surface area contributed by atoms with Crippen molar-refractivity contribution in [2.75, 3.05) is 0 Å². The van der Waals surface area contributed by atoms with Crippen LogP contribution in [-0.2, 0) is 23.5 Å². The van der Waals surface area contributed by atoms with Gasteiger partial charge in [0, 0.05) is 23.5 Å². The van der Waals surface area contributed by atoms with E-state index < -0.39 is 0 Å². The fourth-order valence-corrected chi connectivity index (χ4v) is 4.41. The van der Waals surface area contributed by atoms with Crippen LogP contribution >= 0.6 is 46.4 Å². The van der Waals surface area contributed by atoms with E-state index in [-0.39, 0.29) is 0 Å². The Morgan fingerprint density at radius 1 is 0.406 bits per heavy atom. The Hall–Kier alpha value is -1.96. The highest BCUT2D eigenvalue weighted by atomic mass is 35.5. The first kappa shape index (κ1) is 24.7. The quantitative estimate of drug-likeness (QED) is 0.230. The number of rotatable bonds is 6. The summed E-state index contributed by atoms with van der Waals surface area (Å²) in [6, 6.07) is 32.7. The summed E-state index contributed by atoms with van der Waals surface area (Å²) < 4.78 is 0. The van der Waals surface area contributed by atoms with Gasteiger partial charge in [-0.25, -0.2) is 0 Å². The smallest absolute Gasteiger partial charge is 0.0480 e. The number of hydrogen-bond acceptors (Lipinski definition) is 0. The minimum atomic E-state index is 0.521. The lowest BCUT2D eigenvalue weighted by Gasteiger charge is -2.10.